The van der Waals surface area contributed by atoms with Crippen LogP contribution in [0.5, 0.6) is 0 Å². The molecule has 11 heavy (non-hydrogen) atoms. The molecule has 0 aliphatic carbocycles. The molecule has 58 valence electrons. The van der Waals surface area contributed by atoms with Gasteiger partial charge in [-0.25, -0.2) is 0 Å². The summed E-state index contributed by atoms with van der Waals surface area (Å²) in [7, 11) is 1.92. The fourth-order valence-corrected chi connectivity index (χ4v) is 0.902. The highest BCUT2D eigenvalue weighted by Crippen LogP contribution is 1.91. The van der Waals surface area contributed by atoms with Crippen LogP contribution in [0.15, 0.2) is 23.4 Å². The van der Waals surface area contributed by atoms with Gasteiger partial charge in [-0.15, -0.1) is 0 Å². The van der Waals surface area contributed by atoms with Crippen LogP contribution in [0.4, 0.5) is 0 Å². The lowest BCUT2D eigenvalue weighted by molar-refractivity contribution is -0.678. The van der Waals surface area contributed by atoms with Crippen molar-refractivity contribution in [2.24, 2.45) is 12.2 Å². The molecular formula is C8H11N2O+. The second kappa shape index (κ2) is 3.14. The highest BCUT2D eigenvalue weighted by molar-refractivity contribution is 5.74. The zero-order valence-corrected chi connectivity index (χ0v) is 6.65. The second-order valence-electron chi connectivity index (χ2n) is 2.40. The van der Waals surface area contributed by atoms with Crippen LogP contribution in [-0.4, -0.2) is 11.4 Å². The maximum atomic E-state index is 8.29. The summed E-state index contributed by atoms with van der Waals surface area (Å²) in [5.74, 6) is 0. The summed E-state index contributed by atoms with van der Waals surface area (Å²) in [6.07, 6.45) is 1.41. The Labute approximate surface area is 65.6 Å². The van der Waals surface area contributed by atoms with E-state index in [2.05, 4.69) is 5.16 Å². The number of hydrogen-bond acceptors (Lipinski definition) is 2. The van der Waals surface area contributed by atoms with Crippen LogP contribution in [0, 0.1) is 6.92 Å². The molecule has 1 N–H and O–H groups in total. The van der Waals surface area contributed by atoms with E-state index in [4.69, 9.17) is 5.21 Å². The molecule has 0 atom stereocenters. The summed E-state index contributed by atoms with van der Waals surface area (Å²) in [5, 5.41) is 11.3. The van der Waals surface area contributed by atoms with Crippen molar-refractivity contribution in [3.05, 3.63) is 29.6 Å². The third kappa shape index (κ3) is 1.55. The molecule has 0 spiro atoms. The molecule has 3 nitrogen and oxygen atoms in total. The van der Waals surface area contributed by atoms with Gasteiger partial charge in [-0.1, -0.05) is 5.16 Å². The van der Waals surface area contributed by atoms with E-state index in [1.54, 1.807) is 0 Å². The SMILES string of the molecule is Cc1cccc(/C=N\O)[n+]1C. The fraction of sp³-hybridized carbons (Fsp3) is 0.250. The van der Waals surface area contributed by atoms with Crippen LogP contribution in [-0.2, 0) is 7.05 Å². The lowest BCUT2D eigenvalue weighted by Gasteiger charge is -1.94. The molecule has 0 unspecified atom stereocenters. The van der Waals surface area contributed by atoms with Gasteiger partial charge in [0.25, 0.3) is 0 Å². The van der Waals surface area contributed by atoms with Crippen molar-refractivity contribution in [2.75, 3.05) is 0 Å². The molecule has 0 amide bonds. The average molecular weight is 151 g/mol. The normalized spacial score (nSPS) is 10.7. The smallest absolute Gasteiger partial charge is 0.227 e. The van der Waals surface area contributed by atoms with Crippen LogP contribution < -0.4 is 4.57 Å². The quantitative estimate of drug-likeness (QED) is 0.272. The van der Waals surface area contributed by atoms with Crippen LogP contribution in [0.1, 0.15) is 11.4 Å². The molecular weight excluding hydrogens is 140 g/mol. The Balaban J connectivity index is 3.16. The van der Waals surface area contributed by atoms with Crippen molar-refractivity contribution in [1.82, 2.24) is 0 Å². The molecule has 0 aliphatic heterocycles. The summed E-state index contributed by atoms with van der Waals surface area (Å²) in [5.41, 5.74) is 2.01. The lowest BCUT2D eigenvalue weighted by Crippen LogP contribution is -2.36. The standard InChI is InChI=1S/C8H10N2O/c1-7-4-3-5-8(6-9-11)10(7)2/h3-6H,1-2H3/p+1. The molecule has 0 aliphatic rings. The molecule has 0 saturated heterocycles. The van der Waals surface area contributed by atoms with Crippen LogP contribution >= 0.6 is 0 Å². The summed E-state index contributed by atoms with van der Waals surface area (Å²) in [4.78, 5) is 0. The Bertz CT molecular complexity index is 281. The zero-order chi connectivity index (χ0) is 8.27. The van der Waals surface area contributed by atoms with Gasteiger partial charge in [-0.2, -0.15) is 4.57 Å². The molecule has 0 radical (unpaired) electrons. The summed E-state index contributed by atoms with van der Waals surface area (Å²) < 4.78 is 1.94. The minimum atomic E-state index is 0.882. The molecule has 0 saturated carbocycles. The van der Waals surface area contributed by atoms with Gasteiger partial charge in [-0.05, 0) is 6.07 Å². The van der Waals surface area contributed by atoms with Gasteiger partial charge in [0.1, 0.15) is 13.3 Å². The van der Waals surface area contributed by atoms with E-state index >= 15 is 0 Å². The minimum Gasteiger partial charge on any atom is -0.411 e. The van der Waals surface area contributed by atoms with Gasteiger partial charge in [0.05, 0.1) is 0 Å². The van der Waals surface area contributed by atoms with Gasteiger partial charge in [0.2, 0.25) is 5.69 Å². The topological polar surface area (TPSA) is 36.5 Å². The largest absolute Gasteiger partial charge is 0.411 e. The first-order chi connectivity index (χ1) is 5.25. The van der Waals surface area contributed by atoms with E-state index in [1.807, 2.05) is 36.7 Å². The van der Waals surface area contributed by atoms with Gasteiger partial charge >= 0.3 is 0 Å². The van der Waals surface area contributed by atoms with E-state index in [0.29, 0.717) is 0 Å². The predicted molar refractivity (Wildman–Crippen MR) is 41.7 cm³/mol. The number of pyridine rings is 1. The van der Waals surface area contributed by atoms with E-state index in [1.165, 1.54) is 6.21 Å². The Kier molecular flexibility index (Phi) is 2.21. The molecule has 0 bridgehead atoms. The van der Waals surface area contributed by atoms with Crippen LogP contribution in [0.3, 0.4) is 0 Å². The second-order valence-corrected chi connectivity index (χ2v) is 2.40. The van der Waals surface area contributed by atoms with Crippen molar-refractivity contribution in [3.8, 4) is 0 Å². The molecule has 1 aromatic heterocycles. The van der Waals surface area contributed by atoms with E-state index in [0.717, 1.165) is 11.4 Å². The maximum Gasteiger partial charge on any atom is 0.227 e. The number of aryl methyl sites for hydroxylation is 1. The Morgan fingerprint density at radius 2 is 2.27 bits per heavy atom. The summed E-state index contributed by atoms with van der Waals surface area (Å²) in [6.45, 7) is 1.99. The molecule has 1 heterocycles. The Morgan fingerprint density at radius 3 is 2.91 bits per heavy atom. The first-order valence-electron chi connectivity index (χ1n) is 3.39. The summed E-state index contributed by atoms with van der Waals surface area (Å²) in [6, 6.07) is 5.80. The fourth-order valence-electron chi connectivity index (χ4n) is 0.902. The number of rotatable bonds is 1. The van der Waals surface area contributed by atoms with Crippen molar-refractivity contribution < 1.29 is 9.77 Å². The van der Waals surface area contributed by atoms with Crippen molar-refractivity contribution in [3.63, 3.8) is 0 Å². The number of hydrogen-bond donors (Lipinski definition) is 1. The average Bonchev–Trinajstić information content (AvgIpc) is 1.99. The zero-order valence-electron chi connectivity index (χ0n) is 6.65. The van der Waals surface area contributed by atoms with Gasteiger partial charge in [-0.3, -0.25) is 0 Å². The van der Waals surface area contributed by atoms with Gasteiger partial charge in [0, 0.05) is 19.1 Å². The maximum absolute atomic E-state index is 8.29. The van der Waals surface area contributed by atoms with E-state index in [9.17, 15) is 0 Å². The molecule has 1 aromatic rings. The monoisotopic (exact) mass is 151 g/mol. The Morgan fingerprint density at radius 1 is 1.55 bits per heavy atom. The lowest BCUT2D eigenvalue weighted by atomic mass is 10.3. The van der Waals surface area contributed by atoms with Crippen molar-refractivity contribution in [1.29, 1.82) is 0 Å². The van der Waals surface area contributed by atoms with Crippen LogP contribution in [0.25, 0.3) is 0 Å². The first kappa shape index (κ1) is 7.72. The molecule has 3 heteroatoms. The number of aromatic nitrogens is 1. The molecule has 1 rings (SSSR count). The van der Waals surface area contributed by atoms with Crippen LogP contribution in [0.2, 0.25) is 0 Å². The third-order valence-electron chi connectivity index (χ3n) is 1.71. The number of oxime groups is 1. The van der Waals surface area contributed by atoms with Crippen molar-refractivity contribution >= 4 is 6.21 Å². The first-order valence-corrected chi connectivity index (χ1v) is 3.39. The highest BCUT2D eigenvalue weighted by Gasteiger charge is 2.04. The summed E-state index contributed by atoms with van der Waals surface area (Å²) >= 11 is 0. The molecule has 0 fully saturated rings. The van der Waals surface area contributed by atoms with Gasteiger partial charge < -0.3 is 5.21 Å². The predicted octanol–water partition coefficient (Wildman–Crippen LogP) is 0.628. The number of nitrogens with zero attached hydrogens (tertiary/aromatic N) is 2. The van der Waals surface area contributed by atoms with E-state index < -0.39 is 0 Å². The van der Waals surface area contributed by atoms with E-state index in [-0.39, 0.29) is 0 Å². The third-order valence-corrected chi connectivity index (χ3v) is 1.71. The van der Waals surface area contributed by atoms with Crippen molar-refractivity contribution in [2.45, 2.75) is 6.92 Å². The minimum absolute atomic E-state index is 0.882. The Hall–Kier alpha value is -1.38. The highest BCUT2D eigenvalue weighted by atomic mass is 16.4. The van der Waals surface area contributed by atoms with Gasteiger partial charge in [0.15, 0.2) is 5.69 Å². The molecule has 0 aromatic carbocycles.